The lowest BCUT2D eigenvalue weighted by molar-refractivity contribution is -0.140. The molecule has 0 aliphatic rings. The molecular weight excluding hydrogens is 233 g/mol. The zero-order valence-electron chi connectivity index (χ0n) is 10.2. The summed E-state index contributed by atoms with van der Waals surface area (Å²) >= 11 is 0. The van der Waals surface area contributed by atoms with Gasteiger partial charge >= 0.3 is 5.97 Å². The van der Waals surface area contributed by atoms with Crippen LogP contribution in [0.1, 0.15) is 18.5 Å². The van der Waals surface area contributed by atoms with Gasteiger partial charge in [0.25, 0.3) is 0 Å². The van der Waals surface area contributed by atoms with Crippen LogP contribution in [-0.2, 0) is 4.79 Å². The normalized spacial score (nSPS) is 12.4. The van der Waals surface area contributed by atoms with E-state index in [1.165, 1.54) is 12.1 Å². The summed E-state index contributed by atoms with van der Waals surface area (Å²) in [5, 5.41) is 9.08. The van der Waals surface area contributed by atoms with E-state index >= 15 is 0 Å². The molecule has 0 aliphatic heterocycles. The molecule has 18 heavy (non-hydrogen) atoms. The third-order valence-corrected chi connectivity index (χ3v) is 2.90. The fraction of sp³-hybridized carbons (Fsp3) is 0.214. The maximum atomic E-state index is 12.9. The Hall–Kier alpha value is -2.10. The van der Waals surface area contributed by atoms with Crippen LogP contribution in [0.2, 0.25) is 0 Å². The van der Waals surface area contributed by atoms with Crippen LogP contribution in [0.25, 0.3) is 11.3 Å². The monoisotopic (exact) mass is 247 g/mol. The molecule has 1 unspecified atom stereocenters. The van der Waals surface area contributed by atoms with E-state index in [4.69, 9.17) is 5.11 Å². The van der Waals surface area contributed by atoms with Crippen molar-refractivity contribution in [2.45, 2.75) is 19.9 Å². The molecule has 0 bridgehead atoms. The van der Waals surface area contributed by atoms with E-state index in [1.807, 2.05) is 13.0 Å². The minimum Gasteiger partial charge on any atom is -0.480 e. The molecule has 3 nitrogen and oxygen atoms in total. The fourth-order valence-electron chi connectivity index (χ4n) is 1.91. The minimum atomic E-state index is -0.894. The first-order valence-corrected chi connectivity index (χ1v) is 5.66. The second-order valence-electron chi connectivity index (χ2n) is 4.33. The summed E-state index contributed by atoms with van der Waals surface area (Å²) in [4.78, 5) is 11.1. The van der Waals surface area contributed by atoms with Crippen molar-refractivity contribution in [3.05, 3.63) is 47.9 Å². The van der Waals surface area contributed by atoms with E-state index in [1.54, 1.807) is 29.8 Å². The number of benzene rings is 1. The number of aryl methyl sites for hydroxylation is 1. The molecule has 0 saturated carbocycles. The zero-order chi connectivity index (χ0) is 13.3. The molecule has 1 atom stereocenters. The van der Waals surface area contributed by atoms with Crippen molar-refractivity contribution in [2.75, 3.05) is 0 Å². The van der Waals surface area contributed by atoms with Crippen LogP contribution in [0.5, 0.6) is 0 Å². The Bertz CT molecular complexity index is 572. The molecule has 0 fully saturated rings. The van der Waals surface area contributed by atoms with Gasteiger partial charge in [-0.15, -0.1) is 0 Å². The molecule has 0 saturated heterocycles. The topological polar surface area (TPSA) is 42.2 Å². The van der Waals surface area contributed by atoms with E-state index in [9.17, 15) is 9.18 Å². The number of hydrogen-bond acceptors (Lipinski definition) is 1. The molecule has 1 N–H and O–H groups in total. The molecule has 1 aromatic heterocycles. The molecule has 0 amide bonds. The number of halogens is 1. The van der Waals surface area contributed by atoms with Gasteiger partial charge in [0.2, 0.25) is 0 Å². The number of aromatic nitrogens is 1. The van der Waals surface area contributed by atoms with E-state index < -0.39 is 12.0 Å². The number of carbonyl (C=O) groups is 1. The van der Waals surface area contributed by atoms with Crippen molar-refractivity contribution in [3.63, 3.8) is 0 Å². The Labute approximate surface area is 104 Å². The van der Waals surface area contributed by atoms with Gasteiger partial charge in [0.1, 0.15) is 11.9 Å². The first kappa shape index (κ1) is 12.4. The average Bonchev–Trinajstić information content (AvgIpc) is 2.71. The van der Waals surface area contributed by atoms with Crippen LogP contribution >= 0.6 is 0 Å². The molecule has 2 aromatic rings. The highest BCUT2D eigenvalue weighted by molar-refractivity contribution is 5.73. The van der Waals surface area contributed by atoms with Crippen molar-refractivity contribution in [1.82, 2.24) is 4.57 Å². The summed E-state index contributed by atoms with van der Waals surface area (Å²) in [6.45, 7) is 3.52. The van der Waals surface area contributed by atoms with Crippen LogP contribution in [0.15, 0.2) is 36.5 Å². The van der Waals surface area contributed by atoms with Crippen molar-refractivity contribution in [1.29, 1.82) is 0 Å². The number of carboxylic acid groups (broad SMARTS) is 1. The molecular formula is C14H14FNO2. The van der Waals surface area contributed by atoms with Gasteiger partial charge in [-0.1, -0.05) is 0 Å². The Kier molecular flexibility index (Phi) is 3.19. The highest BCUT2D eigenvalue weighted by Gasteiger charge is 2.17. The number of aliphatic carboxylic acids is 1. The molecule has 0 aliphatic carbocycles. The number of rotatable bonds is 3. The predicted octanol–water partition coefficient (Wildman–Crippen LogP) is 3.25. The largest absolute Gasteiger partial charge is 0.480 e. The summed E-state index contributed by atoms with van der Waals surface area (Å²) in [6, 6.07) is 7.27. The lowest BCUT2D eigenvalue weighted by Crippen LogP contribution is -2.15. The standard InChI is InChI=1S/C14H14FNO2/c1-9-7-13(11-3-5-12(15)6-4-11)16(8-9)10(2)14(17)18/h3-8,10H,1-2H3,(H,17,18). The van der Waals surface area contributed by atoms with Crippen LogP contribution in [0, 0.1) is 12.7 Å². The van der Waals surface area contributed by atoms with Gasteiger partial charge in [0, 0.05) is 11.9 Å². The van der Waals surface area contributed by atoms with Crippen molar-refractivity contribution in [3.8, 4) is 11.3 Å². The summed E-state index contributed by atoms with van der Waals surface area (Å²) in [6.07, 6.45) is 1.79. The Balaban J connectivity index is 2.50. The van der Waals surface area contributed by atoms with Gasteiger partial charge in [0.05, 0.1) is 0 Å². The fourth-order valence-corrected chi connectivity index (χ4v) is 1.91. The van der Waals surface area contributed by atoms with Gasteiger partial charge in [0.15, 0.2) is 0 Å². The van der Waals surface area contributed by atoms with Gasteiger partial charge < -0.3 is 9.67 Å². The molecule has 0 spiro atoms. The first-order chi connectivity index (χ1) is 8.49. The molecule has 1 heterocycles. The highest BCUT2D eigenvalue weighted by atomic mass is 19.1. The second-order valence-corrected chi connectivity index (χ2v) is 4.33. The van der Waals surface area contributed by atoms with Crippen LogP contribution < -0.4 is 0 Å². The maximum absolute atomic E-state index is 12.9. The Morgan fingerprint density at radius 3 is 2.50 bits per heavy atom. The van der Waals surface area contributed by atoms with Crippen molar-refractivity contribution in [2.24, 2.45) is 0 Å². The smallest absolute Gasteiger partial charge is 0.326 e. The SMILES string of the molecule is Cc1cc(-c2ccc(F)cc2)n(C(C)C(=O)O)c1. The van der Waals surface area contributed by atoms with E-state index in [0.29, 0.717) is 0 Å². The average molecular weight is 247 g/mol. The zero-order valence-corrected chi connectivity index (χ0v) is 10.2. The molecule has 2 rings (SSSR count). The summed E-state index contributed by atoms with van der Waals surface area (Å²) < 4.78 is 14.6. The van der Waals surface area contributed by atoms with Crippen molar-refractivity contribution >= 4 is 5.97 Å². The summed E-state index contributed by atoms with van der Waals surface area (Å²) in [5.74, 6) is -1.20. The van der Waals surface area contributed by atoms with E-state index in [-0.39, 0.29) is 5.82 Å². The lowest BCUT2D eigenvalue weighted by Gasteiger charge is -2.13. The van der Waals surface area contributed by atoms with Gasteiger partial charge in [-0.3, -0.25) is 0 Å². The summed E-state index contributed by atoms with van der Waals surface area (Å²) in [5.41, 5.74) is 2.56. The number of hydrogen-bond donors (Lipinski definition) is 1. The highest BCUT2D eigenvalue weighted by Crippen LogP contribution is 2.26. The third kappa shape index (κ3) is 2.27. The molecule has 1 aromatic carbocycles. The molecule has 94 valence electrons. The first-order valence-electron chi connectivity index (χ1n) is 5.66. The molecule has 0 radical (unpaired) electrons. The predicted molar refractivity (Wildman–Crippen MR) is 66.9 cm³/mol. The van der Waals surface area contributed by atoms with Crippen LogP contribution in [-0.4, -0.2) is 15.6 Å². The lowest BCUT2D eigenvalue weighted by atomic mass is 10.1. The van der Waals surface area contributed by atoms with Gasteiger partial charge in [-0.05, 0) is 55.3 Å². The minimum absolute atomic E-state index is 0.306. The second kappa shape index (κ2) is 4.64. The van der Waals surface area contributed by atoms with Crippen molar-refractivity contribution < 1.29 is 14.3 Å². The van der Waals surface area contributed by atoms with E-state index in [0.717, 1.165) is 16.8 Å². The Morgan fingerprint density at radius 2 is 1.94 bits per heavy atom. The maximum Gasteiger partial charge on any atom is 0.326 e. The third-order valence-electron chi connectivity index (χ3n) is 2.90. The van der Waals surface area contributed by atoms with Crippen LogP contribution in [0.4, 0.5) is 4.39 Å². The molecule has 4 heteroatoms. The van der Waals surface area contributed by atoms with E-state index in [2.05, 4.69) is 0 Å². The number of carboxylic acids is 1. The van der Waals surface area contributed by atoms with Gasteiger partial charge in [-0.2, -0.15) is 0 Å². The number of nitrogens with zero attached hydrogens (tertiary/aromatic N) is 1. The van der Waals surface area contributed by atoms with Crippen LogP contribution in [0.3, 0.4) is 0 Å². The quantitative estimate of drug-likeness (QED) is 0.904. The summed E-state index contributed by atoms with van der Waals surface area (Å²) in [7, 11) is 0. The Morgan fingerprint density at radius 1 is 1.33 bits per heavy atom. The van der Waals surface area contributed by atoms with Gasteiger partial charge in [-0.25, -0.2) is 9.18 Å².